The first kappa shape index (κ1) is 23.6. The van der Waals surface area contributed by atoms with E-state index in [1.807, 2.05) is 7.05 Å². The lowest BCUT2D eigenvalue weighted by Crippen LogP contribution is -2.48. The molecule has 4 rings (SSSR count). The second-order valence-electron chi connectivity index (χ2n) is 8.90. The smallest absolute Gasteiger partial charge is 0.191 e. The summed E-state index contributed by atoms with van der Waals surface area (Å²) in [4.78, 5) is 7.00. The molecule has 1 aliphatic carbocycles. The Balaban J connectivity index is 0.00000256. The number of nitrogens with one attached hydrogen (secondary N) is 2. The molecule has 6 nitrogen and oxygen atoms in total. The van der Waals surface area contributed by atoms with Crippen LogP contribution in [0.1, 0.15) is 50.6 Å². The van der Waals surface area contributed by atoms with Crippen LogP contribution in [0.2, 0.25) is 0 Å². The number of morpholine rings is 1. The summed E-state index contributed by atoms with van der Waals surface area (Å²) in [5.74, 6) is 2.47. The van der Waals surface area contributed by atoms with Crippen LogP contribution in [0.4, 0.5) is 0 Å². The van der Waals surface area contributed by atoms with Crippen molar-refractivity contribution in [2.75, 3.05) is 46.4 Å². The van der Waals surface area contributed by atoms with Gasteiger partial charge in [0.1, 0.15) is 11.4 Å². The Bertz CT molecular complexity index is 702. The first-order chi connectivity index (χ1) is 14.2. The zero-order chi connectivity index (χ0) is 20.1. The molecule has 0 bridgehead atoms. The minimum atomic E-state index is -0.00546. The monoisotopic (exact) mass is 528 g/mol. The van der Waals surface area contributed by atoms with E-state index < -0.39 is 0 Å². The van der Waals surface area contributed by atoms with Crippen molar-refractivity contribution in [1.82, 2.24) is 15.5 Å². The lowest BCUT2D eigenvalue weighted by molar-refractivity contribution is 0.0319. The summed E-state index contributed by atoms with van der Waals surface area (Å²) in [7, 11) is 1.86. The molecule has 30 heavy (non-hydrogen) atoms. The van der Waals surface area contributed by atoms with E-state index in [-0.39, 0.29) is 35.6 Å². The number of rotatable bonds is 5. The van der Waals surface area contributed by atoms with Crippen molar-refractivity contribution in [2.45, 2.75) is 50.7 Å². The van der Waals surface area contributed by atoms with Crippen LogP contribution >= 0.6 is 24.0 Å². The molecule has 2 heterocycles. The van der Waals surface area contributed by atoms with Gasteiger partial charge in [-0.1, -0.05) is 25.1 Å². The maximum absolute atomic E-state index is 6.49. The van der Waals surface area contributed by atoms with Crippen molar-refractivity contribution in [1.29, 1.82) is 0 Å². The van der Waals surface area contributed by atoms with Crippen molar-refractivity contribution in [3.63, 3.8) is 0 Å². The molecular weight excluding hydrogens is 491 g/mol. The van der Waals surface area contributed by atoms with Gasteiger partial charge in [0, 0.05) is 45.2 Å². The maximum Gasteiger partial charge on any atom is 0.191 e. The molecular formula is C23H37IN4O2. The second kappa shape index (κ2) is 11.0. The van der Waals surface area contributed by atoms with Gasteiger partial charge in [-0.25, -0.2) is 0 Å². The molecule has 3 aliphatic rings. The van der Waals surface area contributed by atoms with Crippen LogP contribution in [0.5, 0.6) is 5.75 Å². The van der Waals surface area contributed by atoms with Crippen molar-refractivity contribution < 1.29 is 9.47 Å². The zero-order valence-corrected chi connectivity index (χ0v) is 20.7. The highest BCUT2D eigenvalue weighted by Gasteiger charge is 2.43. The number of hydrogen-bond donors (Lipinski definition) is 2. The molecule has 1 spiro atoms. The summed E-state index contributed by atoms with van der Waals surface area (Å²) in [5.41, 5.74) is 1.24. The molecule has 1 saturated heterocycles. The van der Waals surface area contributed by atoms with Gasteiger partial charge in [-0.05, 0) is 37.7 Å². The van der Waals surface area contributed by atoms with Gasteiger partial charge in [0.15, 0.2) is 5.96 Å². The lowest BCUT2D eigenvalue weighted by atomic mass is 9.86. The second-order valence-corrected chi connectivity index (χ2v) is 8.90. The molecule has 0 radical (unpaired) electrons. The number of guanidine groups is 1. The Labute approximate surface area is 198 Å². The molecule has 0 amide bonds. The van der Waals surface area contributed by atoms with Crippen molar-refractivity contribution in [2.24, 2.45) is 10.9 Å². The number of para-hydroxylation sites is 1. The molecule has 0 aromatic heterocycles. The molecule has 2 unspecified atom stereocenters. The largest absolute Gasteiger partial charge is 0.487 e. The minimum absolute atomic E-state index is 0. The van der Waals surface area contributed by atoms with E-state index in [2.05, 4.69) is 51.7 Å². The summed E-state index contributed by atoms with van der Waals surface area (Å²) < 4.78 is 11.9. The quantitative estimate of drug-likeness (QED) is 0.348. The molecule has 1 aromatic rings. The molecule has 2 aliphatic heterocycles. The predicted molar refractivity (Wildman–Crippen MR) is 132 cm³/mol. The number of ether oxygens (including phenoxy) is 2. The van der Waals surface area contributed by atoms with Crippen molar-refractivity contribution >= 4 is 29.9 Å². The third-order valence-electron chi connectivity index (χ3n) is 6.54. The molecule has 168 valence electrons. The van der Waals surface area contributed by atoms with Gasteiger partial charge in [0.05, 0.1) is 19.3 Å². The van der Waals surface area contributed by atoms with E-state index >= 15 is 0 Å². The lowest BCUT2D eigenvalue weighted by Gasteiger charge is -2.40. The first-order valence-electron chi connectivity index (χ1n) is 11.2. The Morgan fingerprint density at radius 3 is 2.70 bits per heavy atom. The number of fused-ring (bicyclic) bond motifs is 1. The molecule has 7 heteroatoms. The van der Waals surface area contributed by atoms with E-state index in [0.29, 0.717) is 5.92 Å². The van der Waals surface area contributed by atoms with Crippen LogP contribution in [-0.4, -0.2) is 62.9 Å². The SMILES string of the molecule is CN=C(NCC(C)CN1CCOCC1)NC1CC2(CCCC2)Oc2ccccc21.I. The number of aliphatic imine (C=N–C) groups is 1. The average molecular weight is 528 g/mol. The number of benzene rings is 1. The van der Waals surface area contributed by atoms with E-state index in [0.717, 1.165) is 70.4 Å². The Hall–Kier alpha value is -1.06. The van der Waals surface area contributed by atoms with Crippen LogP contribution in [0, 0.1) is 5.92 Å². The standard InChI is InChI=1S/C23H36N4O2.HI/c1-18(17-27-11-13-28-14-12-27)16-25-22(24-2)26-20-15-23(9-5-6-10-23)29-21-8-4-3-7-19(20)21;/h3-4,7-8,18,20H,5-6,9-17H2,1-2H3,(H2,24,25,26);1H. The van der Waals surface area contributed by atoms with Crippen molar-refractivity contribution in [3.05, 3.63) is 29.8 Å². The van der Waals surface area contributed by atoms with Gasteiger partial charge in [-0.15, -0.1) is 24.0 Å². The molecule has 2 N–H and O–H groups in total. The normalized spacial score (nSPS) is 24.5. The van der Waals surface area contributed by atoms with E-state index in [1.165, 1.54) is 18.4 Å². The van der Waals surface area contributed by atoms with E-state index in [9.17, 15) is 0 Å². The zero-order valence-electron chi connectivity index (χ0n) is 18.4. The fraction of sp³-hybridized carbons (Fsp3) is 0.696. The first-order valence-corrected chi connectivity index (χ1v) is 11.2. The highest BCUT2D eigenvalue weighted by molar-refractivity contribution is 14.0. The Morgan fingerprint density at radius 2 is 1.97 bits per heavy atom. The highest BCUT2D eigenvalue weighted by Crippen LogP contribution is 2.46. The maximum atomic E-state index is 6.49. The van der Waals surface area contributed by atoms with Crippen LogP contribution in [0.3, 0.4) is 0 Å². The summed E-state index contributed by atoms with van der Waals surface area (Å²) in [6, 6.07) is 8.71. The molecule has 2 atom stereocenters. The summed E-state index contributed by atoms with van der Waals surface area (Å²) in [6.07, 6.45) is 5.85. The third kappa shape index (κ3) is 5.79. The Morgan fingerprint density at radius 1 is 1.23 bits per heavy atom. The number of nitrogens with zero attached hydrogens (tertiary/aromatic N) is 2. The summed E-state index contributed by atoms with van der Waals surface area (Å²) in [5, 5.41) is 7.25. The van der Waals surface area contributed by atoms with Crippen molar-refractivity contribution in [3.8, 4) is 5.75 Å². The molecule has 1 saturated carbocycles. The van der Waals surface area contributed by atoms with E-state index in [1.54, 1.807) is 0 Å². The molecule has 2 fully saturated rings. The van der Waals surface area contributed by atoms with Gasteiger partial charge < -0.3 is 20.1 Å². The minimum Gasteiger partial charge on any atom is -0.487 e. The van der Waals surface area contributed by atoms with Gasteiger partial charge in [-0.2, -0.15) is 0 Å². The Kier molecular flexibility index (Phi) is 8.65. The van der Waals surface area contributed by atoms with Crippen LogP contribution in [0.25, 0.3) is 0 Å². The van der Waals surface area contributed by atoms with Gasteiger partial charge >= 0.3 is 0 Å². The predicted octanol–water partition coefficient (Wildman–Crippen LogP) is 3.57. The van der Waals surface area contributed by atoms with Gasteiger partial charge in [-0.3, -0.25) is 9.89 Å². The number of halogens is 1. The summed E-state index contributed by atoms with van der Waals surface area (Å²) in [6.45, 7) is 8.09. The van der Waals surface area contributed by atoms with Gasteiger partial charge in [0.2, 0.25) is 0 Å². The summed E-state index contributed by atoms with van der Waals surface area (Å²) >= 11 is 0. The van der Waals surface area contributed by atoms with Gasteiger partial charge in [0.25, 0.3) is 0 Å². The molecule has 1 aromatic carbocycles. The van der Waals surface area contributed by atoms with Crippen LogP contribution in [0.15, 0.2) is 29.3 Å². The number of hydrogen-bond acceptors (Lipinski definition) is 4. The highest BCUT2D eigenvalue weighted by atomic mass is 127. The fourth-order valence-corrected chi connectivity index (χ4v) is 4.99. The third-order valence-corrected chi connectivity index (χ3v) is 6.54. The fourth-order valence-electron chi connectivity index (χ4n) is 4.99. The van der Waals surface area contributed by atoms with Crippen LogP contribution < -0.4 is 15.4 Å². The topological polar surface area (TPSA) is 58.1 Å². The average Bonchev–Trinajstić information content (AvgIpc) is 3.19. The van der Waals surface area contributed by atoms with Crippen LogP contribution in [-0.2, 0) is 4.74 Å². The van der Waals surface area contributed by atoms with E-state index in [4.69, 9.17) is 9.47 Å².